The Hall–Kier alpha value is -0.870. The van der Waals surface area contributed by atoms with Crippen LogP contribution in [0.25, 0.3) is 11.2 Å². The molecule has 1 N–H and O–H groups in total. The van der Waals surface area contributed by atoms with Crippen LogP contribution in [0, 0.1) is 6.92 Å². The average molecular weight is 588 g/mol. The zero-order valence-electron chi connectivity index (χ0n) is 16.5. The SMILES string of the molecule is CC.Cc1nc2c(Nc3ccc(Cl)cc3N(C)S(C)(=O)=O)cc(Cl)nc2n1PI. The lowest BCUT2D eigenvalue weighted by Gasteiger charge is -2.21. The topological polar surface area (TPSA) is 80.1 Å². The third kappa shape index (κ3) is 5.44. The van der Waals surface area contributed by atoms with Crippen molar-refractivity contribution in [1.29, 1.82) is 0 Å². The predicted octanol–water partition coefficient (Wildman–Crippen LogP) is 6.00. The average Bonchev–Trinajstić information content (AvgIpc) is 2.98. The molecule has 2 aromatic heterocycles. The van der Waals surface area contributed by atoms with Crippen LogP contribution in [0.4, 0.5) is 17.1 Å². The Bertz CT molecular complexity index is 1140. The molecule has 0 spiro atoms. The number of nitrogens with one attached hydrogen (secondary N) is 1. The van der Waals surface area contributed by atoms with Crippen molar-refractivity contribution >= 4 is 89.9 Å². The van der Waals surface area contributed by atoms with Crippen molar-refractivity contribution in [2.75, 3.05) is 22.9 Å². The molecule has 0 amide bonds. The van der Waals surface area contributed by atoms with Gasteiger partial charge < -0.3 is 5.32 Å². The zero-order valence-corrected chi connectivity index (χ0v) is 21.9. The van der Waals surface area contributed by atoms with Gasteiger partial charge in [-0.05, 0) is 47.2 Å². The third-order valence-corrected chi connectivity index (χ3v) is 7.67. The lowest BCUT2D eigenvalue weighted by Crippen LogP contribution is -2.25. The van der Waals surface area contributed by atoms with E-state index < -0.39 is 10.0 Å². The molecule has 3 aromatic rings. The van der Waals surface area contributed by atoms with Gasteiger partial charge in [-0.3, -0.25) is 8.64 Å². The fourth-order valence-electron chi connectivity index (χ4n) is 2.52. The molecule has 0 aliphatic carbocycles. The van der Waals surface area contributed by atoms with Gasteiger partial charge in [0.1, 0.15) is 16.5 Å². The molecule has 0 aliphatic rings. The third-order valence-electron chi connectivity index (χ3n) is 3.90. The second-order valence-corrected chi connectivity index (χ2v) is 10.7. The van der Waals surface area contributed by atoms with E-state index in [-0.39, 0.29) is 0 Å². The summed E-state index contributed by atoms with van der Waals surface area (Å²) in [6.45, 7) is 5.90. The number of anilines is 3. The largest absolute Gasteiger partial charge is 0.352 e. The van der Waals surface area contributed by atoms with Gasteiger partial charge in [0.2, 0.25) is 10.0 Å². The Morgan fingerprint density at radius 2 is 1.83 bits per heavy atom. The summed E-state index contributed by atoms with van der Waals surface area (Å²) < 4.78 is 27.2. The number of fused-ring (bicyclic) bond motifs is 1. The van der Waals surface area contributed by atoms with E-state index in [9.17, 15) is 8.42 Å². The van der Waals surface area contributed by atoms with Crippen LogP contribution in [0.2, 0.25) is 10.2 Å². The molecule has 0 bridgehead atoms. The highest BCUT2D eigenvalue weighted by atomic mass is 127. The summed E-state index contributed by atoms with van der Waals surface area (Å²) in [4.78, 5) is 8.97. The molecule has 0 saturated heterocycles. The summed E-state index contributed by atoms with van der Waals surface area (Å²) in [5.74, 6) is 0.820. The number of imidazole rings is 1. The first-order chi connectivity index (χ1) is 13.6. The molecule has 0 saturated carbocycles. The van der Waals surface area contributed by atoms with Gasteiger partial charge in [0.15, 0.2) is 5.65 Å². The van der Waals surface area contributed by atoms with Crippen LogP contribution >= 0.6 is 51.6 Å². The molecule has 1 aromatic carbocycles. The van der Waals surface area contributed by atoms with Crippen molar-refractivity contribution in [3.8, 4) is 0 Å². The van der Waals surface area contributed by atoms with E-state index in [1.54, 1.807) is 24.3 Å². The number of benzene rings is 1. The van der Waals surface area contributed by atoms with Crippen LogP contribution in [0.3, 0.4) is 0 Å². The minimum Gasteiger partial charge on any atom is -0.352 e. The second-order valence-electron chi connectivity index (χ2n) is 5.76. The fourth-order valence-corrected chi connectivity index (χ4v) is 5.52. The molecule has 12 heteroatoms. The normalized spacial score (nSPS) is 11.6. The Morgan fingerprint density at radius 1 is 1.17 bits per heavy atom. The van der Waals surface area contributed by atoms with Crippen molar-refractivity contribution in [3.05, 3.63) is 40.3 Å². The van der Waals surface area contributed by atoms with Crippen molar-refractivity contribution < 1.29 is 8.42 Å². The quantitative estimate of drug-likeness (QED) is 0.225. The van der Waals surface area contributed by atoms with Crippen molar-refractivity contribution in [2.24, 2.45) is 0 Å². The Kier molecular flexibility index (Phi) is 8.38. The van der Waals surface area contributed by atoms with Crippen LogP contribution < -0.4 is 9.62 Å². The number of aromatic nitrogens is 3. The maximum Gasteiger partial charge on any atom is 0.232 e. The number of sulfonamides is 1. The van der Waals surface area contributed by atoms with Gasteiger partial charge in [-0.25, -0.2) is 18.4 Å². The zero-order chi connectivity index (χ0) is 21.9. The summed E-state index contributed by atoms with van der Waals surface area (Å²) in [5, 5.41) is 3.98. The first-order valence-corrected chi connectivity index (χ1v) is 15.2. The van der Waals surface area contributed by atoms with Gasteiger partial charge in [0.25, 0.3) is 0 Å². The van der Waals surface area contributed by atoms with E-state index in [0.717, 1.165) is 16.4 Å². The number of rotatable bonds is 5. The molecule has 0 aliphatic heterocycles. The maximum atomic E-state index is 12.0. The second kappa shape index (κ2) is 9.96. The van der Waals surface area contributed by atoms with E-state index in [1.165, 1.54) is 7.05 Å². The molecule has 2 heterocycles. The first-order valence-electron chi connectivity index (χ1n) is 8.54. The molecule has 29 heavy (non-hydrogen) atoms. The number of aryl methyl sites for hydroxylation is 1. The van der Waals surface area contributed by atoms with E-state index in [0.29, 0.717) is 44.8 Å². The summed E-state index contributed by atoms with van der Waals surface area (Å²) in [6, 6.07) is 6.64. The van der Waals surface area contributed by atoms with Crippen LogP contribution in [0.1, 0.15) is 19.7 Å². The van der Waals surface area contributed by atoms with E-state index in [4.69, 9.17) is 23.2 Å². The van der Waals surface area contributed by atoms with Gasteiger partial charge in [0.05, 0.1) is 29.7 Å². The number of halogens is 3. The Morgan fingerprint density at radius 3 is 2.41 bits per heavy atom. The van der Waals surface area contributed by atoms with Crippen molar-refractivity contribution in [1.82, 2.24) is 14.3 Å². The standard InChI is InChI=1S/C15H15Cl2IN5O2PS.C2H6/c1-8-19-14-11(7-13(17)21-15(14)23(8)26-18)20-10-5-4-9(16)6-12(10)22(2)27(3,24)25;1-2/h4-7,26H,1-3H3,(H,20,21);1-2H3. The van der Waals surface area contributed by atoms with Crippen molar-refractivity contribution in [2.45, 2.75) is 20.8 Å². The van der Waals surface area contributed by atoms with Gasteiger partial charge in [-0.1, -0.05) is 37.0 Å². The highest BCUT2D eigenvalue weighted by Crippen LogP contribution is 2.37. The van der Waals surface area contributed by atoms with Crippen molar-refractivity contribution in [3.63, 3.8) is 0 Å². The van der Waals surface area contributed by atoms with Gasteiger partial charge in [-0.2, -0.15) is 0 Å². The lowest BCUT2D eigenvalue weighted by atomic mass is 10.2. The smallest absolute Gasteiger partial charge is 0.232 e. The molecule has 158 valence electrons. The lowest BCUT2D eigenvalue weighted by molar-refractivity contribution is 0.600. The highest BCUT2D eigenvalue weighted by molar-refractivity contribution is 14.2. The van der Waals surface area contributed by atoms with Gasteiger partial charge in [0, 0.05) is 18.1 Å². The number of nitrogens with zero attached hydrogens (tertiary/aromatic N) is 4. The molecule has 3 rings (SSSR count). The molecule has 0 radical (unpaired) electrons. The number of pyridine rings is 1. The van der Waals surface area contributed by atoms with Gasteiger partial charge in [-0.15, -0.1) is 0 Å². The van der Waals surface area contributed by atoms with E-state index >= 15 is 0 Å². The number of hydrogen-bond acceptors (Lipinski definition) is 5. The van der Waals surface area contributed by atoms with Crippen LogP contribution in [-0.2, 0) is 10.0 Å². The van der Waals surface area contributed by atoms with Gasteiger partial charge >= 0.3 is 0 Å². The monoisotopic (exact) mass is 587 g/mol. The molecular weight excluding hydrogens is 567 g/mol. The molecule has 0 fully saturated rings. The maximum absolute atomic E-state index is 12.0. The minimum absolute atomic E-state index is 0.313. The first kappa shape index (κ1) is 24.4. The van der Waals surface area contributed by atoms with Crippen LogP contribution in [0.5, 0.6) is 0 Å². The minimum atomic E-state index is -3.47. The van der Waals surface area contributed by atoms with Crippen LogP contribution in [0.15, 0.2) is 24.3 Å². The molecule has 1 atom stereocenters. The fraction of sp³-hybridized carbons (Fsp3) is 0.294. The van der Waals surface area contributed by atoms with E-state index in [2.05, 4.69) is 37.3 Å². The van der Waals surface area contributed by atoms with E-state index in [1.807, 2.05) is 25.1 Å². The summed E-state index contributed by atoms with van der Waals surface area (Å²) >= 11 is 14.5. The Balaban J connectivity index is 0.00000145. The predicted molar refractivity (Wildman–Crippen MR) is 134 cm³/mol. The highest BCUT2D eigenvalue weighted by Gasteiger charge is 2.19. The van der Waals surface area contributed by atoms with Crippen LogP contribution in [-0.4, -0.2) is 36.0 Å². The molecular formula is C17H21Cl2IN5O2PS. The summed E-state index contributed by atoms with van der Waals surface area (Å²) in [6.07, 6.45) is 1.55. The molecule has 7 nitrogen and oxygen atoms in total. The number of hydrogen-bond donors (Lipinski definition) is 1. The molecule has 1 unspecified atom stereocenters. The summed E-state index contributed by atoms with van der Waals surface area (Å²) in [7, 11) is -2.00. The Labute approximate surface area is 195 Å². The summed E-state index contributed by atoms with van der Waals surface area (Å²) in [5.41, 5.74) is 2.93.